The molecule has 1 fully saturated rings. The Morgan fingerprint density at radius 2 is 1.75 bits per heavy atom. The number of amides is 1. The molecule has 1 aliphatic rings. The molecular formula is C14H24F3NO2. The lowest BCUT2D eigenvalue weighted by atomic mass is 9.78. The van der Waals surface area contributed by atoms with E-state index >= 15 is 0 Å². The van der Waals surface area contributed by atoms with Gasteiger partial charge in [0.2, 0.25) is 5.91 Å². The van der Waals surface area contributed by atoms with Gasteiger partial charge in [0.1, 0.15) is 0 Å². The lowest BCUT2D eigenvalue weighted by Gasteiger charge is -2.33. The highest BCUT2D eigenvalue weighted by atomic mass is 19.4. The SMILES string of the molecule is CCC(O)(CC)CNC(=O)C1CCCCC1C(F)(F)F. The molecule has 0 aromatic carbocycles. The van der Waals surface area contributed by atoms with Crippen LogP contribution < -0.4 is 5.32 Å². The zero-order valence-corrected chi connectivity index (χ0v) is 12.1. The van der Waals surface area contributed by atoms with Crippen LogP contribution in [0.1, 0.15) is 52.4 Å². The van der Waals surface area contributed by atoms with Crippen molar-refractivity contribution in [2.24, 2.45) is 11.8 Å². The van der Waals surface area contributed by atoms with E-state index in [1.807, 2.05) is 0 Å². The molecule has 0 spiro atoms. The smallest absolute Gasteiger partial charge is 0.388 e. The van der Waals surface area contributed by atoms with Crippen molar-refractivity contribution in [2.75, 3.05) is 6.54 Å². The van der Waals surface area contributed by atoms with Gasteiger partial charge in [0, 0.05) is 12.5 Å². The minimum absolute atomic E-state index is 0.0138. The van der Waals surface area contributed by atoms with Crippen LogP contribution >= 0.6 is 0 Å². The number of hydrogen-bond donors (Lipinski definition) is 2. The van der Waals surface area contributed by atoms with Crippen LogP contribution in [0.3, 0.4) is 0 Å². The third kappa shape index (κ3) is 4.36. The van der Waals surface area contributed by atoms with Gasteiger partial charge in [0.15, 0.2) is 0 Å². The Hall–Kier alpha value is -0.780. The maximum absolute atomic E-state index is 12.9. The number of nitrogens with one attached hydrogen (secondary N) is 1. The fraction of sp³-hybridized carbons (Fsp3) is 0.929. The quantitative estimate of drug-likeness (QED) is 0.819. The van der Waals surface area contributed by atoms with Crippen LogP contribution in [0.2, 0.25) is 0 Å². The zero-order valence-electron chi connectivity index (χ0n) is 12.1. The van der Waals surface area contributed by atoms with Gasteiger partial charge in [-0.2, -0.15) is 13.2 Å². The Bertz CT molecular complexity index is 327. The standard InChI is InChI=1S/C14H24F3NO2/c1-3-13(20,4-2)9-18-12(19)10-7-5-6-8-11(10)14(15,16)17/h10-11,20H,3-9H2,1-2H3,(H,18,19). The first kappa shape index (κ1) is 17.3. The largest absolute Gasteiger partial charge is 0.392 e. The number of alkyl halides is 3. The van der Waals surface area contributed by atoms with E-state index in [0.29, 0.717) is 25.7 Å². The summed E-state index contributed by atoms with van der Waals surface area (Å²) in [6.45, 7) is 3.59. The number of rotatable bonds is 5. The predicted octanol–water partition coefficient (Wildman–Crippen LogP) is 3.02. The van der Waals surface area contributed by atoms with Crippen LogP contribution in [0.25, 0.3) is 0 Å². The Morgan fingerprint density at radius 3 is 2.25 bits per heavy atom. The van der Waals surface area contributed by atoms with E-state index in [0.717, 1.165) is 0 Å². The Morgan fingerprint density at radius 1 is 1.20 bits per heavy atom. The molecule has 20 heavy (non-hydrogen) atoms. The van der Waals surface area contributed by atoms with Crippen molar-refractivity contribution in [3.8, 4) is 0 Å². The summed E-state index contributed by atoms with van der Waals surface area (Å²) < 4.78 is 38.8. The van der Waals surface area contributed by atoms with Crippen LogP contribution in [0.4, 0.5) is 13.2 Å². The molecule has 6 heteroatoms. The number of carbonyl (C=O) groups excluding carboxylic acids is 1. The van der Waals surface area contributed by atoms with Gasteiger partial charge in [-0.25, -0.2) is 0 Å². The van der Waals surface area contributed by atoms with Gasteiger partial charge in [-0.3, -0.25) is 4.79 Å². The number of aliphatic hydroxyl groups is 1. The van der Waals surface area contributed by atoms with Crippen molar-refractivity contribution in [1.82, 2.24) is 5.32 Å². The summed E-state index contributed by atoms with van der Waals surface area (Å²) in [5, 5.41) is 12.6. The second-order valence-electron chi connectivity index (χ2n) is 5.69. The topological polar surface area (TPSA) is 49.3 Å². The molecule has 0 aliphatic heterocycles. The molecule has 1 aliphatic carbocycles. The summed E-state index contributed by atoms with van der Waals surface area (Å²) in [4.78, 5) is 12.0. The van der Waals surface area contributed by atoms with Gasteiger partial charge in [-0.1, -0.05) is 26.7 Å². The molecule has 0 bridgehead atoms. The Balaban J connectivity index is 2.65. The van der Waals surface area contributed by atoms with Crippen LogP contribution in [0.5, 0.6) is 0 Å². The van der Waals surface area contributed by atoms with Crippen LogP contribution in [0, 0.1) is 11.8 Å². The third-order valence-corrected chi connectivity index (χ3v) is 4.43. The minimum atomic E-state index is -4.33. The van der Waals surface area contributed by atoms with Crippen molar-refractivity contribution in [3.05, 3.63) is 0 Å². The van der Waals surface area contributed by atoms with Crippen molar-refractivity contribution < 1.29 is 23.1 Å². The summed E-state index contributed by atoms with van der Waals surface area (Å²) in [5.41, 5.74) is -1.03. The molecule has 2 atom stereocenters. The Kier molecular flexibility index (Phi) is 5.86. The van der Waals surface area contributed by atoms with Gasteiger partial charge >= 0.3 is 6.18 Å². The molecule has 0 heterocycles. The van der Waals surface area contributed by atoms with Crippen molar-refractivity contribution >= 4 is 5.91 Å². The zero-order chi connectivity index (χ0) is 15.4. The van der Waals surface area contributed by atoms with Gasteiger partial charge < -0.3 is 10.4 Å². The molecule has 0 aromatic heterocycles. The highest BCUT2D eigenvalue weighted by Gasteiger charge is 2.48. The molecule has 0 radical (unpaired) electrons. The fourth-order valence-electron chi connectivity index (χ4n) is 2.72. The molecule has 0 saturated heterocycles. The summed E-state index contributed by atoms with van der Waals surface area (Å²) in [6, 6.07) is 0. The second-order valence-corrected chi connectivity index (χ2v) is 5.69. The summed E-state index contributed by atoms with van der Waals surface area (Å²) >= 11 is 0. The third-order valence-electron chi connectivity index (χ3n) is 4.43. The highest BCUT2D eigenvalue weighted by molar-refractivity contribution is 5.79. The average Bonchev–Trinajstić information content (AvgIpc) is 2.43. The lowest BCUT2D eigenvalue weighted by Crippen LogP contribution is -2.47. The van der Waals surface area contributed by atoms with Crippen LogP contribution in [-0.2, 0) is 4.79 Å². The number of halogens is 3. The van der Waals surface area contributed by atoms with Gasteiger partial charge in [-0.15, -0.1) is 0 Å². The number of hydrogen-bond acceptors (Lipinski definition) is 2. The summed E-state index contributed by atoms with van der Waals surface area (Å²) in [5.74, 6) is -3.14. The molecule has 118 valence electrons. The molecular weight excluding hydrogens is 271 g/mol. The summed E-state index contributed by atoms with van der Waals surface area (Å²) in [6.07, 6.45) is -1.96. The van der Waals surface area contributed by atoms with E-state index in [-0.39, 0.29) is 19.4 Å². The van der Waals surface area contributed by atoms with Crippen molar-refractivity contribution in [2.45, 2.75) is 64.1 Å². The molecule has 2 N–H and O–H groups in total. The molecule has 0 aromatic rings. The maximum atomic E-state index is 12.9. The predicted molar refractivity (Wildman–Crippen MR) is 70.0 cm³/mol. The normalized spacial score (nSPS) is 24.5. The van der Waals surface area contributed by atoms with E-state index in [1.165, 1.54) is 0 Å². The average molecular weight is 295 g/mol. The monoisotopic (exact) mass is 295 g/mol. The minimum Gasteiger partial charge on any atom is -0.388 e. The molecule has 1 amide bonds. The van der Waals surface area contributed by atoms with Crippen LogP contribution in [0.15, 0.2) is 0 Å². The van der Waals surface area contributed by atoms with E-state index < -0.39 is 29.5 Å². The summed E-state index contributed by atoms with van der Waals surface area (Å²) in [7, 11) is 0. The van der Waals surface area contributed by atoms with Gasteiger partial charge in [0.05, 0.1) is 11.5 Å². The molecule has 3 nitrogen and oxygen atoms in total. The van der Waals surface area contributed by atoms with Crippen LogP contribution in [-0.4, -0.2) is 29.3 Å². The van der Waals surface area contributed by atoms with E-state index in [1.54, 1.807) is 13.8 Å². The fourth-order valence-corrected chi connectivity index (χ4v) is 2.72. The van der Waals surface area contributed by atoms with Crippen molar-refractivity contribution in [1.29, 1.82) is 0 Å². The maximum Gasteiger partial charge on any atom is 0.392 e. The van der Waals surface area contributed by atoms with E-state index in [9.17, 15) is 23.1 Å². The van der Waals surface area contributed by atoms with E-state index in [4.69, 9.17) is 0 Å². The van der Waals surface area contributed by atoms with Gasteiger partial charge in [-0.05, 0) is 25.7 Å². The van der Waals surface area contributed by atoms with E-state index in [2.05, 4.69) is 5.32 Å². The highest BCUT2D eigenvalue weighted by Crippen LogP contribution is 2.41. The lowest BCUT2D eigenvalue weighted by molar-refractivity contribution is -0.198. The van der Waals surface area contributed by atoms with Gasteiger partial charge in [0.25, 0.3) is 0 Å². The first-order chi connectivity index (χ1) is 9.23. The first-order valence-corrected chi connectivity index (χ1v) is 7.30. The van der Waals surface area contributed by atoms with Crippen molar-refractivity contribution in [3.63, 3.8) is 0 Å². The molecule has 1 saturated carbocycles. The second kappa shape index (κ2) is 6.78. The first-order valence-electron chi connectivity index (χ1n) is 7.30. The Labute approximate surface area is 117 Å². The molecule has 1 rings (SSSR count). The molecule has 2 unspecified atom stereocenters. The number of carbonyl (C=O) groups is 1.